The van der Waals surface area contributed by atoms with Crippen LogP contribution in [0.5, 0.6) is 17.2 Å². The van der Waals surface area contributed by atoms with Gasteiger partial charge >= 0.3 is 0 Å². The molecule has 0 radical (unpaired) electrons. The standard InChI is InChI=1S/C21H35N3O4.HI/c1-22-21(23-11-12-28-17-9-7-5-6-8-10-17)24-15-16-13-19(26-3)20(27-4)14-18(16)25-2;/h13-14,17H,5-12,15H2,1-4H3,(H2,22,23,24);1H. The van der Waals surface area contributed by atoms with Crippen molar-refractivity contribution in [2.45, 2.75) is 51.2 Å². The normalized spacial score (nSPS) is 15.1. The Kier molecular flexibility index (Phi) is 12.8. The molecule has 29 heavy (non-hydrogen) atoms. The fourth-order valence-electron chi connectivity index (χ4n) is 3.43. The predicted molar refractivity (Wildman–Crippen MR) is 127 cm³/mol. The molecule has 1 aliphatic carbocycles. The molecule has 0 saturated heterocycles. The fourth-order valence-corrected chi connectivity index (χ4v) is 3.43. The number of nitrogens with zero attached hydrogens (tertiary/aromatic N) is 1. The lowest BCUT2D eigenvalue weighted by molar-refractivity contribution is 0.0468. The van der Waals surface area contributed by atoms with Crippen molar-refractivity contribution >= 4 is 29.9 Å². The van der Waals surface area contributed by atoms with Crippen LogP contribution < -0.4 is 24.8 Å². The number of benzene rings is 1. The first-order chi connectivity index (χ1) is 13.7. The van der Waals surface area contributed by atoms with E-state index >= 15 is 0 Å². The van der Waals surface area contributed by atoms with Crippen molar-refractivity contribution in [3.05, 3.63) is 17.7 Å². The Hall–Kier alpha value is -1.42. The number of nitrogens with one attached hydrogen (secondary N) is 2. The van der Waals surface area contributed by atoms with Crippen LogP contribution in [0.25, 0.3) is 0 Å². The highest BCUT2D eigenvalue weighted by atomic mass is 127. The molecule has 0 bridgehead atoms. The summed E-state index contributed by atoms with van der Waals surface area (Å²) in [5, 5.41) is 6.61. The van der Waals surface area contributed by atoms with Crippen molar-refractivity contribution in [2.24, 2.45) is 4.99 Å². The molecular weight excluding hydrogens is 485 g/mol. The first-order valence-corrected chi connectivity index (χ1v) is 10.1. The molecule has 0 aliphatic heterocycles. The number of aliphatic imine (C=N–C) groups is 1. The highest BCUT2D eigenvalue weighted by Gasteiger charge is 2.13. The van der Waals surface area contributed by atoms with E-state index in [9.17, 15) is 0 Å². The fraction of sp³-hybridized carbons (Fsp3) is 0.667. The molecule has 0 amide bonds. The second-order valence-electron chi connectivity index (χ2n) is 6.86. The lowest BCUT2D eigenvalue weighted by Gasteiger charge is -2.18. The highest BCUT2D eigenvalue weighted by Crippen LogP contribution is 2.34. The van der Waals surface area contributed by atoms with Crippen molar-refractivity contribution < 1.29 is 18.9 Å². The zero-order chi connectivity index (χ0) is 20.2. The lowest BCUT2D eigenvalue weighted by atomic mass is 10.1. The molecule has 1 aromatic carbocycles. The van der Waals surface area contributed by atoms with Crippen molar-refractivity contribution in [3.8, 4) is 17.2 Å². The number of halogens is 1. The topological polar surface area (TPSA) is 73.3 Å². The highest BCUT2D eigenvalue weighted by molar-refractivity contribution is 14.0. The zero-order valence-electron chi connectivity index (χ0n) is 18.1. The Morgan fingerprint density at radius 3 is 2.14 bits per heavy atom. The van der Waals surface area contributed by atoms with E-state index < -0.39 is 0 Å². The molecule has 7 nitrogen and oxygen atoms in total. The van der Waals surface area contributed by atoms with Crippen LogP contribution in [0.1, 0.15) is 44.1 Å². The van der Waals surface area contributed by atoms with Crippen molar-refractivity contribution in [2.75, 3.05) is 41.5 Å². The Labute approximate surface area is 191 Å². The third kappa shape index (κ3) is 8.46. The number of methoxy groups -OCH3 is 3. The number of ether oxygens (including phenoxy) is 4. The molecule has 1 aliphatic rings. The molecular formula is C21H36IN3O4. The second-order valence-corrected chi connectivity index (χ2v) is 6.86. The summed E-state index contributed by atoms with van der Waals surface area (Å²) in [6, 6.07) is 3.74. The van der Waals surface area contributed by atoms with Gasteiger partial charge in [-0.3, -0.25) is 4.99 Å². The first-order valence-electron chi connectivity index (χ1n) is 10.1. The Morgan fingerprint density at radius 2 is 1.55 bits per heavy atom. The van der Waals surface area contributed by atoms with Gasteiger partial charge in [-0.15, -0.1) is 24.0 Å². The minimum atomic E-state index is 0. The average Bonchev–Trinajstić information content (AvgIpc) is 3.01. The van der Waals surface area contributed by atoms with Gasteiger partial charge in [0.1, 0.15) is 5.75 Å². The summed E-state index contributed by atoms with van der Waals surface area (Å²) in [5.74, 6) is 2.76. The average molecular weight is 521 g/mol. The third-order valence-electron chi connectivity index (χ3n) is 5.01. The van der Waals surface area contributed by atoms with Gasteiger partial charge in [0.2, 0.25) is 0 Å². The van der Waals surface area contributed by atoms with E-state index in [0.717, 1.165) is 23.8 Å². The molecule has 0 spiro atoms. The van der Waals surface area contributed by atoms with Crippen LogP contribution in [-0.4, -0.2) is 53.6 Å². The number of guanidine groups is 1. The smallest absolute Gasteiger partial charge is 0.191 e. The van der Waals surface area contributed by atoms with Crippen LogP contribution in [0.4, 0.5) is 0 Å². The molecule has 1 aromatic rings. The molecule has 2 rings (SSSR count). The van der Waals surface area contributed by atoms with Crippen LogP contribution in [0.2, 0.25) is 0 Å². The summed E-state index contributed by atoms with van der Waals surface area (Å²) in [7, 11) is 6.63. The Bertz CT molecular complexity index is 620. The van der Waals surface area contributed by atoms with E-state index in [1.807, 2.05) is 12.1 Å². The molecule has 166 valence electrons. The minimum absolute atomic E-state index is 0. The molecule has 0 atom stereocenters. The van der Waals surface area contributed by atoms with Crippen molar-refractivity contribution in [3.63, 3.8) is 0 Å². The minimum Gasteiger partial charge on any atom is -0.496 e. The SMILES string of the molecule is CN=C(NCCOC1CCCCCC1)NCc1cc(OC)c(OC)cc1OC.I. The number of hydrogen-bond acceptors (Lipinski definition) is 5. The molecule has 1 fully saturated rings. The number of rotatable bonds is 9. The van der Waals surface area contributed by atoms with E-state index in [-0.39, 0.29) is 24.0 Å². The van der Waals surface area contributed by atoms with Crippen LogP contribution in [-0.2, 0) is 11.3 Å². The van der Waals surface area contributed by atoms with Gasteiger partial charge in [0, 0.05) is 31.8 Å². The lowest BCUT2D eigenvalue weighted by Crippen LogP contribution is -2.39. The van der Waals surface area contributed by atoms with E-state index in [0.29, 0.717) is 30.8 Å². The Morgan fingerprint density at radius 1 is 0.931 bits per heavy atom. The van der Waals surface area contributed by atoms with Gasteiger partial charge in [0.15, 0.2) is 17.5 Å². The second kappa shape index (κ2) is 14.5. The van der Waals surface area contributed by atoms with Gasteiger partial charge in [0.25, 0.3) is 0 Å². The monoisotopic (exact) mass is 521 g/mol. The summed E-state index contributed by atoms with van der Waals surface area (Å²) in [4.78, 5) is 4.28. The summed E-state index contributed by atoms with van der Waals surface area (Å²) in [6.45, 7) is 1.96. The maximum absolute atomic E-state index is 6.02. The molecule has 8 heteroatoms. The summed E-state index contributed by atoms with van der Waals surface area (Å²) < 4.78 is 22.2. The van der Waals surface area contributed by atoms with Gasteiger partial charge in [-0.25, -0.2) is 0 Å². The summed E-state index contributed by atoms with van der Waals surface area (Å²) >= 11 is 0. The predicted octanol–water partition coefficient (Wildman–Crippen LogP) is 3.73. The maximum Gasteiger partial charge on any atom is 0.191 e. The summed E-state index contributed by atoms with van der Waals surface area (Å²) in [5.41, 5.74) is 0.956. The quantitative estimate of drug-likeness (QED) is 0.170. The van der Waals surface area contributed by atoms with Crippen molar-refractivity contribution in [1.82, 2.24) is 10.6 Å². The van der Waals surface area contributed by atoms with Gasteiger partial charge in [-0.2, -0.15) is 0 Å². The van der Waals surface area contributed by atoms with E-state index in [2.05, 4.69) is 15.6 Å². The van der Waals surface area contributed by atoms with Crippen molar-refractivity contribution in [1.29, 1.82) is 0 Å². The number of hydrogen-bond donors (Lipinski definition) is 2. The van der Waals surface area contributed by atoms with E-state index in [1.165, 1.54) is 38.5 Å². The van der Waals surface area contributed by atoms with Crippen LogP contribution in [0.3, 0.4) is 0 Å². The van der Waals surface area contributed by atoms with Gasteiger partial charge in [0.05, 0.1) is 34.0 Å². The first kappa shape index (κ1) is 25.6. The zero-order valence-corrected chi connectivity index (χ0v) is 20.4. The van der Waals surface area contributed by atoms with Crippen LogP contribution in [0.15, 0.2) is 17.1 Å². The van der Waals surface area contributed by atoms with Gasteiger partial charge < -0.3 is 29.6 Å². The maximum atomic E-state index is 6.02. The molecule has 0 aromatic heterocycles. The van der Waals surface area contributed by atoms with Crippen LogP contribution >= 0.6 is 24.0 Å². The van der Waals surface area contributed by atoms with E-state index in [1.54, 1.807) is 28.4 Å². The Balaban J connectivity index is 0.00000420. The van der Waals surface area contributed by atoms with Gasteiger partial charge in [-0.1, -0.05) is 25.7 Å². The molecule has 0 unspecified atom stereocenters. The van der Waals surface area contributed by atoms with E-state index in [4.69, 9.17) is 18.9 Å². The van der Waals surface area contributed by atoms with Crippen LogP contribution in [0, 0.1) is 0 Å². The van der Waals surface area contributed by atoms with Gasteiger partial charge in [-0.05, 0) is 18.9 Å². The molecule has 1 saturated carbocycles. The third-order valence-corrected chi connectivity index (χ3v) is 5.01. The molecule has 0 heterocycles. The molecule has 2 N–H and O–H groups in total. The summed E-state index contributed by atoms with van der Waals surface area (Å²) in [6.07, 6.45) is 8.04. The largest absolute Gasteiger partial charge is 0.496 e.